The average Bonchev–Trinajstić information content (AvgIpc) is 3.14. The monoisotopic (exact) mass is 394 g/mol. The number of aromatic nitrogens is 1. The van der Waals surface area contributed by atoms with Crippen molar-refractivity contribution >= 4 is 17.5 Å². The van der Waals surface area contributed by atoms with Crippen LogP contribution in [0.1, 0.15) is 50.6 Å². The van der Waals surface area contributed by atoms with Crippen LogP contribution in [0.4, 0.5) is 0 Å². The second-order valence-electron chi connectivity index (χ2n) is 6.51. The minimum Gasteiger partial charge on any atom is -0.484 e. The van der Waals surface area contributed by atoms with Crippen LogP contribution in [0.3, 0.4) is 0 Å². The van der Waals surface area contributed by atoms with E-state index in [9.17, 15) is 0 Å². The van der Waals surface area contributed by atoms with Gasteiger partial charge in [0.25, 0.3) is 0 Å². The quantitative estimate of drug-likeness (QED) is 0.198. The number of ether oxygens (including phenoxy) is 2. The summed E-state index contributed by atoms with van der Waals surface area (Å²) in [5.41, 5.74) is 5.80. The summed E-state index contributed by atoms with van der Waals surface area (Å²) in [5, 5.41) is 0. The van der Waals surface area contributed by atoms with E-state index in [2.05, 4.69) is 42.7 Å². The Morgan fingerprint density at radius 3 is 2.48 bits per heavy atom. The van der Waals surface area contributed by atoms with E-state index in [4.69, 9.17) is 9.47 Å². The summed E-state index contributed by atoms with van der Waals surface area (Å²) < 4.78 is 10.6. The maximum absolute atomic E-state index is 5.44. The third-order valence-electron chi connectivity index (χ3n) is 4.45. The molecule has 1 rings (SSSR count). The molecule has 0 spiro atoms. The van der Waals surface area contributed by atoms with Crippen LogP contribution in [0.15, 0.2) is 72.1 Å². The van der Waals surface area contributed by atoms with Crippen LogP contribution < -0.4 is 0 Å². The van der Waals surface area contributed by atoms with Crippen molar-refractivity contribution in [3.8, 4) is 0 Å². The van der Waals surface area contributed by atoms with Gasteiger partial charge in [-0.3, -0.25) is 0 Å². The van der Waals surface area contributed by atoms with E-state index >= 15 is 0 Å². The van der Waals surface area contributed by atoms with E-state index in [-0.39, 0.29) is 0 Å². The molecule has 1 N–H and O–H groups in total. The molecule has 0 saturated heterocycles. The Morgan fingerprint density at radius 1 is 1.24 bits per heavy atom. The van der Waals surface area contributed by atoms with Crippen molar-refractivity contribution in [2.45, 2.75) is 40.0 Å². The third-order valence-corrected chi connectivity index (χ3v) is 4.45. The Balaban J connectivity index is 3.44. The Bertz CT molecular complexity index is 848. The highest BCUT2D eigenvalue weighted by Gasteiger charge is 2.11. The molecule has 0 aromatic carbocycles. The number of aryl methyl sites for hydroxylation is 1. The van der Waals surface area contributed by atoms with Crippen LogP contribution in [0, 0.1) is 0 Å². The molecule has 0 radical (unpaired) electrons. The fraction of sp³-hybridized carbons (Fsp3) is 0.320. The molecule has 1 heterocycles. The highest BCUT2D eigenvalue weighted by atomic mass is 16.5. The molecular weight excluding hydrogens is 360 g/mol. The lowest BCUT2D eigenvalue weighted by atomic mass is 10.0. The molecule has 0 saturated carbocycles. The second-order valence-corrected chi connectivity index (χ2v) is 6.51. The van der Waals surface area contributed by atoms with Gasteiger partial charge in [0.1, 0.15) is 0 Å². The molecular formula is C25H34N2O2. The van der Waals surface area contributed by atoms with Crippen molar-refractivity contribution in [3.05, 3.63) is 84.1 Å². The number of hydrogen-bond acceptors (Lipinski definition) is 3. The van der Waals surface area contributed by atoms with Gasteiger partial charge in [-0.1, -0.05) is 57.4 Å². The first kappa shape index (κ1) is 24.0. The molecule has 0 fully saturated rings. The van der Waals surface area contributed by atoms with Crippen LogP contribution in [0.2, 0.25) is 0 Å². The standard InChI is InChI=1S/C25H34N2O2/c1-9-13-15-23-20(11-3)17-24(27-23)21(14-10-2)16-18(5)22(12-4)25(29-8)26-19(6)28-7/h10-12,14,16-17,27H,3-5,9,13,15H2,1-2,6-8H3/b14-10-,21-16+,25-22-,26-19+. The predicted octanol–water partition coefficient (Wildman–Crippen LogP) is 6.62. The number of H-pyrrole nitrogens is 1. The molecule has 0 unspecified atom stereocenters. The summed E-state index contributed by atoms with van der Waals surface area (Å²) in [5.74, 6) is 0.898. The van der Waals surface area contributed by atoms with Crippen molar-refractivity contribution in [1.82, 2.24) is 4.98 Å². The van der Waals surface area contributed by atoms with Gasteiger partial charge in [-0.2, -0.15) is 4.99 Å². The molecule has 4 nitrogen and oxygen atoms in total. The summed E-state index contributed by atoms with van der Waals surface area (Å²) in [6, 6.07) is 2.12. The molecule has 4 heteroatoms. The van der Waals surface area contributed by atoms with Gasteiger partial charge in [-0.05, 0) is 48.6 Å². The largest absolute Gasteiger partial charge is 0.484 e. The molecule has 156 valence electrons. The summed E-state index contributed by atoms with van der Waals surface area (Å²) in [6.45, 7) is 18.0. The van der Waals surface area contributed by atoms with Crippen LogP contribution >= 0.6 is 0 Å². The van der Waals surface area contributed by atoms with Crippen LogP contribution in [0.25, 0.3) is 11.6 Å². The first-order valence-electron chi connectivity index (χ1n) is 9.83. The summed E-state index contributed by atoms with van der Waals surface area (Å²) >= 11 is 0. The number of nitrogens with one attached hydrogen (secondary N) is 1. The number of aliphatic imine (C=N–C) groups is 1. The van der Waals surface area contributed by atoms with Gasteiger partial charge in [0.05, 0.1) is 14.2 Å². The van der Waals surface area contributed by atoms with Crippen molar-refractivity contribution < 1.29 is 9.47 Å². The van der Waals surface area contributed by atoms with Gasteiger partial charge in [0, 0.05) is 23.9 Å². The van der Waals surface area contributed by atoms with Gasteiger partial charge >= 0.3 is 0 Å². The topological polar surface area (TPSA) is 46.6 Å². The average molecular weight is 395 g/mol. The summed E-state index contributed by atoms with van der Waals surface area (Å²) in [7, 11) is 3.13. The van der Waals surface area contributed by atoms with Gasteiger partial charge < -0.3 is 14.5 Å². The van der Waals surface area contributed by atoms with Crippen LogP contribution in [-0.4, -0.2) is 25.1 Å². The highest BCUT2D eigenvalue weighted by Crippen LogP contribution is 2.26. The Kier molecular flexibility index (Phi) is 10.3. The van der Waals surface area contributed by atoms with E-state index in [1.54, 1.807) is 27.2 Å². The lowest BCUT2D eigenvalue weighted by molar-refractivity contribution is 0.281. The van der Waals surface area contributed by atoms with Crippen molar-refractivity contribution in [3.63, 3.8) is 0 Å². The maximum Gasteiger partial charge on any atom is 0.224 e. The third kappa shape index (κ3) is 6.83. The zero-order valence-corrected chi connectivity index (χ0v) is 18.5. The first-order valence-corrected chi connectivity index (χ1v) is 9.83. The Labute approximate surface area is 175 Å². The molecule has 0 atom stereocenters. The molecule has 1 aromatic rings. The first-order chi connectivity index (χ1) is 13.9. The number of unbranched alkanes of at least 4 members (excludes halogenated alkanes) is 1. The molecule has 0 aliphatic heterocycles. The fourth-order valence-electron chi connectivity index (χ4n) is 2.83. The minimum absolute atomic E-state index is 0.405. The Hall–Kier alpha value is -3.01. The SMILES string of the molecule is C=C/C(C(=C)/C=C(\C=C/C)c1cc(C=C)c(CCCC)[nH]1)=C(\N=C(/C)OC)OC. The van der Waals surface area contributed by atoms with Crippen molar-refractivity contribution in [2.24, 2.45) is 4.99 Å². The zero-order valence-electron chi connectivity index (χ0n) is 18.5. The molecule has 0 aliphatic carbocycles. The van der Waals surface area contributed by atoms with E-state index in [1.807, 2.05) is 31.2 Å². The number of aromatic amines is 1. The number of methoxy groups -OCH3 is 2. The lowest BCUT2D eigenvalue weighted by Crippen LogP contribution is -1.99. The lowest BCUT2D eigenvalue weighted by Gasteiger charge is -2.10. The molecule has 0 aliphatic rings. The number of rotatable bonds is 11. The van der Waals surface area contributed by atoms with Gasteiger partial charge in [-0.15, -0.1) is 0 Å². The van der Waals surface area contributed by atoms with Crippen molar-refractivity contribution in [1.29, 1.82) is 0 Å². The van der Waals surface area contributed by atoms with E-state index in [0.29, 0.717) is 17.4 Å². The molecule has 1 aromatic heterocycles. The normalized spacial score (nSPS) is 13.3. The second kappa shape index (κ2) is 12.4. The molecule has 29 heavy (non-hydrogen) atoms. The molecule has 0 bridgehead atoms. The van der Waals surface area contributed by atoms with Crippen LogP contribution in [0.5, 0.6) is 0 Å². The van der Waals surface area contributed by atoms with E-state index < -0.39 is 0 Å². The van der Waals surface area contributed by atoms with Gasteiger partial charge in [0.15, 0.2) is 5.90 Å². The number of allylic oxidation sites excluding steroid dienone is 7. The number of hydrogen-bond donors (Lipinski definition) is 1. The summed E-state index contributed by atoms with van der Waals surface area (Å²) in [6.07, 6.45) is 12.9. The summed E-state index contributed by atoms with van der Waals surface area (Å²) in [4.78, 5) is 7.90. The fourth-order valence-corrected chi connectivity index (χ4v) is 2.83. The van der Waals surface area contributed by atoms with E-state index in [1.165, 1.54) is 5.69 Å². The van der Waals surface area contributed by atoms with Gasteiger partial charge in [0.2, 0.25) is 5.88 Å². The predicted molar refractivity (Wildman–Crippen MR) is 126 cm³/mol. The highest BCUT2D eigenvalue weighted by molar-refractivity contribution is 5.78. The van der Waals surface area contributed by atoms with Crippen LogP contribution in [-0.2, 0) is 15.9 Å². The van der Waals surface area contributed by atoms with Crippen molar-refractivity contribution in [2.75, 3.05) is 14.2 Å². The Morgan fingerprint density at radius 2 is 1.97 bits per heavy atom. The molecule has 0 amide bonds. The van der Waals surface area contributed by atoms with Gasteiger partial charge in [-0.25, -0.2) is 0 Å². The maximum atomic E-state index is 5.44. The zero-order chi connectivity index (χ0) is 21.8. The minimum atomic E-state index is 0.405. The van der Waals surface area contributed by atoms with E-state index in [0.717, 1.165) is 41.7 Å². The number of nitrogens with zero attached hydrogens (tertiary/aromatic N) is 1. The smallest absolute Gasteiger partial charge is 0.224 e.